The molecule has 8 nitrogen and oxygen atoms in total. The summed E-state index contributed by atoms with van der Waals surface area (Å²) in [5, 5.41) is 31.8. The van der Waals surface area contributed by atoms with Crippen LogP contribution < -0.4 is 0 Å². The summed E-state index contributed by atoms with van der Waals surface area (Å²) in [7, 11) is 0. The second kappa shape index (κ2) is 6.75. The summed E-state index contributed by atoms with van der Waals surface area (Å²) in [4.78, 5) is 2.58. The standard InChI is InChI=1S/C9H17N3O5/c1-5-6(13)7(14)8(15)9(17-5)16-4-2-3-11-12-10/h5-9,13-15H,2-4H2,1H3/t5-,6+,7+,8-,9+/m0/s1. The number of nitrogens with zero attached hydrogens (tertiary/aromatic N) is 3. The lowest BCUT2D eigenvalue weighted by Gasteiger charge is -2.38. The van der Waals surface area contributed by atoms with E-state index in [0.717, 1.165) is 0 Å². The summed E-state index contributed by atoms with van der Waals surface area (Å²) in [6, 6.07) is 0. The van der Waals surface area contributed by atoms with Crippen LogP contribution in [0.1, 0.15) is 13.3 Å². The molecule has 0 spiro atoms. The average molecular weight is 247 g/mol. The van der Waals surface area contributed by atoms with Crippen molar-refractivity contribution in [3.05, 3.63) is 10.4 Å². The van der Waals surface area contributed by atoms with Gasteiger partial charge in [-0.25, -0.2) is 0 Å². The van der Waals surface area contributed by atoms with Crippen LogP contribution in [0, 0.1) is 0 Å². The predicted molar refractivity (Wildman–Crippen MR) is 56.9 cm³/mol. The topological polar surface area (TPSA) is 128 Å². The second-order valence-electron chi connectivity index (χ2n) is 3.86. The molecule has 0 unspecified atom stereocenters. The minimum absolute atomic E-state index is 0.232. The molecule has 0 aromatic rings. The molecule has 1 fully saturated rings. The maximum atomic E-state index is 9.59. The van der Waals surface area contributed by atoms with E-state index in [9.17, 15) is 15.3 Å². The summed E-state index contributed by atoms with van der Waals surface area (Å²) in [5.41, 5.74) is 8.05. The highest BCUT2D eigenvalue weighted by Crippen LogP contribution is 2.21. The fourth-order valence-corrected chi connectivity index (χ4v) is 1.53. The first kappa shape index (κ1) is 14.2. The van der Waals surface area contributed by atoms with Crippen LogP contribution in [-0.4, -0.2) is 59.2 Å². The molecule has 0 aliphatic carbocycles. The highest BCUT2D eigenvalue weighted by Gasteiger charge is 2.42. The highest BCUT2D eigenvalue weighted by molar-refractivity contribution is 4.87. The molecule has 1 aliphatic heterocycles. The van der Waals surface area contributed by atoms with E-state index in [1.54, 1.807) is 6.92 Å². The van der Waals surface area contributed by atoms with Crippen molar-refractivity contribution >= 4 is 0 Å². The van der Waals surface area contributed by atoms with E-state index < -0.39 is 30.7 Å². The molecule has 1 aliphatic rings. The summed E-state index contributed by atoms with van der Waals surface area (Å²) < 4.78 is 10.4. The Hall–Kier alpha value is -0.890. The Labute approximate surface area is 98.4 Å². The Morgan fingerprint density at radius 3 is 2.65 bits per heavy atom. The van der Waals surface area contributed by atoms with Gasteiger partial charge in [0.2, 0.25) is 0 Å². The lowest BCUT2D eigenvalue weighted by Crippen LogP contribution is -2.57. The number of aliphatic hydroxyl groups excluding tert-OH is 3. The van der Waals surface area contributed by atoms with Crippen LogP contribution in [-0.2, 0) is 9.47 Å². The van der Waals surface area contributed by atoms with E-state index in [1.165, 1.54) is 0 Å². The van der Waals surface area contributed by atoms with Gasteiger partial charge in [-0.2, -0.15) is 0 Å². The quantitative estimate of drug-likeness (QED) is 0.262. The van der Waals surface area contributed by atoms with Gasteiger partial charge in [-0.15, -0.1) is 0 Å². The van der Waals surface area contributed by atoms with E-state index >= 15 is 0 Å². The zero-order valence-electron chi connectivity index (χ0n) is 9.51. The van der Waals surface area contributed by atoms with Gasteiger partial charge in [-0.1, -0.05) is 5.11 Å². The van der Waals surface area contributed by atoms with E-state index in [0.29, 0.717) is 13.0 Å². The van der Waals surface area contributed by atoms with Gasteiger partial charge < -0.3 is 24.8 Å². The third-order valence-corrected chi connectivity index (χ3v) is 2.56. The fraction of sp³-hybridized carbons (Fsp3) is 1.00. The lowest BCUT2D eigenvalue weighted by atomic mass is 10.0. The maximum Gasteiger partial charge on any atom is 0.186 e. The van der Waals surface area contributed by atoms with Crippen LogP contribution >= 0.6 is 0 Å². The molecule has 0 radical (unpaired) electrons. The van der Waals surface area contributed by atoms with Crippen LogP contribution in [0.15, 0.2) is 5.11 Å². The normalized spacial score (nSPS) is 37.5. The van der Waals surface area contributed by atoms with Crippen LogP contribution in [0.4, 0.5) is 0 Å². The van der Waals surface area contributed by atoms with E-state index in [4.69, 9.17) is 15.0 Å². The number of hydrogen-bond acceptors (Lipinski definition) is 6. The van der Waals surface area contributed by atoms with Crippen molar-refractivity contribution < 1.29 is 24.8 Å². The zero-order valence-corrected chi connectivity index (χ0v) is 9.51. The fourth-order valence-electron chi connectivity index (χ4n) is 1.53. The van der Waals surface area contributed by atoms with Gasteiger partial charge in [0.05, 0.1) is 6.10 Å². The molecule has 17 heavy (non-hydrogen) atoms. The second-order valence-corrected chi connectivity index (χ2v) is 3.86. The van der Waals surface area contributed by atoms with Gasteiger partial charge in [0, 0.05) is 18.1 Å². The first-order valence-electron chi connectivity index (χ1n) is 5.40. The molecule has 0 saturated carbocycles. The van der Waals surface area contributed by atoms with Crippen molar-refractivity contribution in [2.45, 2.75) is 44.1 Å². The molecule has 1 rings (SSSR count). The number of ether oxygens (including phenoxy) is 2. The largest absolute Gasteiger partial charge is 0.388 e. The summed E-state index contributed by atoms with van der Waals surface area (Å²) >= 11 is 0. The van der Waals surface area contributed by atoms with Crippen molar-refractivity contribution in [3.63, 3.8) is 0 Å². The molecule has 98 valence electrons. The van der Waals surface area contributed by atoms with E-state index in [-0.39, 0.29) is 6.61 Å². The Balaban J connectivity index is 2.35. The SMILES string of the molecule is C[C@@H]1O[C@@H](OCCCN=[N+]=[N-])[C@@H](O)[C@H](O)[C@@H]1O. The van der Waals surface area contributed by atoms with Crippen molar-refractivity contribution in [1.29, 1.82) is 0 Å². The van der Waals surface area contributed by atoms with Gasteiger partial charge in [-0.05, 0) is 18.9 Å². The molecule has 3 N–H and O–H groups in total. The van der Waals surface area contributed by atoms with Gasteiger partial charge in [0.15, 0.2) is 6.29 Å². The number of aliphatic hydroxyl groups is 3. The molecule has 0 aromatic carbocycles. The molecule has 1 heterocycles. The van der Waals surface area contributed by atoms with Gasteiger partial charge in [0.1, 0.15) is 18.3 Å². The van der Waals surface area contributed by atoms with Crippen LogP contribution in [0.25, 0.3) is 10.4 Å². The lowest BCUT2D eigenvalue weighted by molar-refractivity contribution is -0.293. The van der Waals surface area contributed by atoms with Gasteiger partial charge >= 0.3 is 0 Å². The smallest absolute Gasteiger partial charge is 0.186 e. The van der Waals surface area contributed by atoms with Crippen molar-refractivity contribution in [2.75, 3.05) is 13.2 Å². The van der Waals surface area contributed by atoms with Crippen molar-refractivity contribution in [1.82, 2.24) is 0 Å². The van der Waals surface area contributed by atoms with E-state index in [2.05, 4.69) is 10.0 Å². The number of azide groups is 1. The van der Waals surface area contributed by atoms with Crippen LogP contribution in [0.5, 0.6) is 0 Å². The summed E-state index contributed by atoms with van der Waals surface area (Å²) in [5.74, 6) is 0. The third kappa shape index (κ3) is 3.81. The monoisotopic (exact) mass is 247 g/mol. The molecule has 0 aromatic heterocycles. The minimum Gasteiger partial charge on any atom is -0.388 e. The Bertz CT molecular complexity index is 284. The highest BCUT2D eigenvalue weighted by atomic mass is 16.7. The predicted octanol–water partition coefficient (Wildman–Crippen LogP) is -0.469. The summed E-state index contributed by atoms with van der Waals surface area (Å²) in [6.07, 6.45) is -4.82. The zero-order chi connectivity index (χ0) is 12.8. The van der Waals surface area contributed by atoms with Crippen molar-refractivity contribution in [3.8, 4) is 0 Å². The van der Waals surface area contributed by atoms with Crippen LogP contribution in [0.2, 0.25) is 0 Å². The average Bonchev–Trinajstić information content (AvgIpc) is 2.32. The molecule has 0 amide bonds. The molecule has 0 bridgehead atoms. The molecular weight excluding hydrogens is 230 g/mol. The van der Waals surface area contributed by atoms with E-state index in [1.807, 2.05) is 0 Å². The van der Waals surface area contributed by atoms with Crippen molar-refractivity contribution in [2.24, 2.45) is 5.11 Å². The molecular formula is C9H17N3O5. The Kier molecular flexibility index (Phi) is 5.63. The molecule has 1 saturated heterocycles. The number of rotatable bonds is 5. The molecule has 8 heteroatoms. The first-order chi connectivity index (χ1) is 8.07. The maximum absolute atomic E-state index is 9.59. The Morgan fingerprint density at radius 2 is 2.00 bits per heavy atom. The van der Waals surface area contributed by atoms with Gasteiger partial charge in [0.25, 0.3) is 0 Å². The minimum atomic E-state index is -1.29. The number of hydrogen-bond donors (Lipinski definition) is 3. The summed E-state index contributed by atoms with van der Waals surface area (Å²) in [6.45, 7) is 2.10. The van der Waals surface area contributed by atoms with Gasteiger partial charge in [-0.3, -0.25) is 0 Å². The molecule has 5 atom stereocenters. The van der Waals surface area contributed by atoms with Crippen LogP contribution in [0.3, 0.4) is 0 Å². The Morgan fingerprint density at radius 1 is 1.29 bits per heavy atom. The first-order valence-corrected chi connectivity index (χ1v) is 5.40. The third-order valence-electron chi connectivity index (χ3n) is 2.56.